The fraction of sp³-hybridized carbons (Fsp3) is 0.286. The first-order chi connectivity index (χ1) is 17.2. The number of anilines is 3. The number of amides is 1. The standard InChI is InChI=1S/C28H31N3O5/c1-28(2)27(33)31(3)25-20(16-29-21-9-7-8-10-24(21)35-5)18(12-13-22(25)30-28)19-15-17(26(32)36-6)11-14-23(19)34-4/h7-15,29-30H,16H2,1-6H3. The minimum absolute atomic E-state index is 0.0547. The topological polar surface area (TPSA) is 89.1 Å². The number of fused-ring (bicyclic) bond motifs is 1. The summed E-state index contributed by atoms with van der Waals surface area (Å²) >= 11 is 0. The molecule has 1 aliphatic heterocycles. The van der Waals surface area contributed by atoms with E-state index in [1.807, 2.05) is 50.2 Å². The zero-order chi connectivity index (χ0) is 26.0. The molecule has 0 unspecified atom stereocenters. The fourth-order valence-corrected chi connectivity index (χ4v) is 4.60. The Hall–Kier alpha value is -4.20. The maximum absolute atomic E-state index is 13.2. The van der Waals surface area contributed by atoms with Crippen LogP contribution in [0.15, 0.2) is 54.6 Å². The van der Waals surface area contributed by atoms with Crippen molar-refractivity contribution >= 4 is 28.9 Å². The van der Waals surface area contributed by atoms with Gasteiger partial charge in [0.25, 0.3) is 5.91 Å². The summed E-state index contributed by atoms with van der Waals surface area (Å²) in [6.45, 7) is 4.10. The van der Waals surface area contributed by atoms with Gasteiger partial charge in [0.1, 0.15) is 17.0 Å². The van der Waals surface area contributed by atoms with Gasteiger partial charge in [-0.25, -0.2) is 4.79 Å². The van der Waals surface area contributed by atoms with E-state index < -0.39 is 11.5 Å². The molecule has 8 heteroatoms. The van der Waals surface area contributed by atoms with Crippen molar-refractivity contribution in [3.8, 4) is 22.6 Å². The minimum Gasteiger partial charge on any atom is -0.496 e. The number of nitrogens with zero attached hydrogens (tertiary/aromatic N) is 1. The Labute approximate surface area is 211 Å². The van der Waals surface area contributed by atoms with Crippen molar-refractivity contribution in [2.24, 2.45) is 0 Å². The lowest BCUT2D eigenvalue weighted by Gasteiger charge is -2.40. The van der Waals surface area contributed by atoms with Gasteiger partial charge in [-0.3, -0.25) is 4.79 Å². The van der Waals surface area contributed by atoms with E-state index in [-0.39, 0.29) is 5.91 Å². The van der Waals surface area contributed by atoms with Crippen molar-refractivity contribution in [3.63, 3.8) is 0 Å². The number of ether oxygens (including phenoxy) is 3. The van der Waals surface area contributed by atoms with Crippen LogP contribution in [-0.4, -0.2) is 45.8 Å². The van der Waals surface area contributed by atoms with E-state index in [0.29, 0.717) is 29.2 Å². The van der Waals surface area contributed by atoms with Crippen molar-refractivity contribution in [3.05, 3.63) is 65.7 Å². The summed E-state index contributed by atoms with van der Waals surface area (Å²) in [5.41, 5.74) is 4.45. The summed E-state index contributed by atoms with van der Waals surface area (Å²) in [5.74, 6) is 0.805. The van der Waals surface area contributed by atoms with Gasteiger partial charge in [0, 0.05) is 24.7 Å². The van der Waals surface area contributed by atoms with Crippen LogP contribution in [-0.2, 0) is 16.1 Å². The number of para-hydroxylation sites is 2. The Bertz CT molecular complexity index is 1320. The molecule has 1 heterocycles. The molecule has 0 atom stereocenters. The molecule has 0 radical (unpaired) electrons. The average molecular weight is 490 g/mol. The molecular formula is C28H31N3O5. The number of nitrogens with one attached hydrogen (secondary N) is 2. The van der Waals surface area contributed by atoms with Crippen LogP contribution in [0.3, 0.4) is 0 Å². The van der Waals surface area contributed by atoms with Gasteiger partial charge in [-0.05, 0) is 55.8 Å². The predicted octanol–water partition coefficient (Wildman–Crippen LogP) is 4.94. The third kappa shape index (κ3) is 4.42. The molecule has 3 aromatic rings. The molecule has 0 aliphatic carbocycles. The normalized spacial score (nSPS) is 13.9. The largest absolute Gasteiger partial charge is 0.496 e. The molecule has 0 aromatic heterocycles. The van der Waals surface area contributed by atoms with Crippen molar-refractivity contribution < 1.29 is 23.8 Å². The molecule has 1 amide bonds. The maximum atomic E-state index is 13.2. The summed E-state index contributed by atoms with van der Waals surface area (Å²) < 4.78 is 16.1. The Morgan fingerprint density at radius 1 is 0.972 bits per heavy atom. The Balaban J connectivity index is 1.92. The number of benzene rings is 3. The number of carbonyl (C=O) groups excluding carboxylic acids is 2. The monoisotopic (exact) mass is 489 g/mol. The van der Waals surface area contributed by atoms with Gasteiger partial charge in [0.15, 0.2) is 0 Å². The van der Waals surface area contributed by atoms with E-state index in [9.17, 15) is 9.59 Å². The molecule has 0 saturated heterocycles. The van der Waals surface area contributed by atoms with Crippen LogP contribution < -0.4 is 25.0 Å². The molecule has 188 valence electrons. The molecule has 36 heavy (non-hydrogen) atoms. The Morgan fingerprint density at radius 3 is 2.39 bits per heavy atom. The van der Waals surface area contributed by atoms with Crippen LogP contribution in [0.25, 0.3) is 11.1 Å². The highest BCUT2D eigenvalue weighted by Gasteiger charge is 2.38. The highest BCUT2D eigenvalue weighted by molar-refractivity contribution is 6.09. The molecule has 3 aromatic carbocycles. The van der Waals surface area contributed by atoms with Gasteiger partial charge in [0.2, 0.25) is 0 Å². The first-order valence-electron chi connectivity index (χ1n) is 11.6. The van der Waals surface area contributed by atoms with E-state index in [0.717, 1.165) is 28.2 Å². The first-order valence-corrected chi connectivity index (χ1v) is 11.6. The van der Waals surface area contributed by atoms with E-state index in [2.05, 4.69) is 10.6 Å². The van der Waals surface area contributed by atoms with Gasteiger partial charge >= 0.3 is 5.97 Å². The summed E-state index contributed by atoms with van der Waals surface area (Å²) in [6, 6.07) is 16.7. The van der Waals surface area contributed by atoms with Crippen LogP contribution in [0.4, 0.5) is 17.1 Å². The molecule has 0 bridgehead atoms. The minimum atomic E-state index is -0.751. The zero-order valence-corrected chi connectivity index (χ0v) is 21.4. The first kappa shape index (κ1) is 24.9. The van der Waals surface area contributed by atoms with Crippen LogP contribution in [0.5, 0.6) is 11.5 Å². The summed E-state index contributed by atoms with van der Waals surface area (Å²) in [5, 5.41) is 6.83. The maximum Gasteiger partial charge on any atom is 0.337 e. The number of rotatable bonds is 7. The molecule has 1 aliphatic rings. The van der Waals surface area contributed by atoms with E-state index in [1.165, 1.54) is 7.11 Å². The lowest BCUT2D eigenvalue weighted by Crippen LogP contribution is -2.52. The Morgan fingerprint density at radius 2 is 1.69 bits per heavy atom. The second-order valence-electron chi connectivity index (χ2n) is 9.06. The quantitative estimate of drug-likeness (QED) is 0.455. The number of esters is 1. The number of hydrogen-bond acceptors (Lipinski definition) is 7. The molecule has 0 saturated carbocycles. The smallest absolute Gasteiger partial charge is 0.337 e. The van der Waals surface area contributed by atoms with Gasteiger partial charge in [-0.2, -0.15) is 0 Å². The van der Waals surface area contributed by atoms with Crippen molar-refractivity contribution in [2.45, 2.75) is 25.9 Å². The summed E-state index contributed by atoms with van der Waals surface area (Å²) in [6.07, 6.45) is 0. The number of methoxy groups -OCH3 is 3. The SMILES string of the molecule is COC(=O)c1ccc(OC)c(-c2ccc3c(c2CNc2ccccc2OC)N(C)C(=O)C(C)(C)N3)c1. The average Bonchev–Trinajstić information content (AvgIpc) is 2.89. The predicted molar refractivity (Wildman–Crippen MR) is 141 cm³/mol. The molecule has 0 spiro atoms. The highest BCUT2D eigenvalue weighted by atomic mass is 16.5. The molecule has 4 rings (SSSR count). The molecule has 8 nitrogen and oxygen atoms in total. The molecule has 0 fully saturated rings. The third-order valence-corrected chi connectivity index (χ3v) is 6.38. The molecule has 2 N–H and O–H groups in total. The van der Waals surface area contributed by atoms with Gasteiger partial charge in [-0.15, -0.1) is 0 Å². The van der Waals surface area contributed by atoms with Crippen LogP contribution in [0, 0.1) is 0 Å². The molecular weight excluding hydrogens is 458 g/mol. The summed E-state index contributed by atoms with van der Waals surface area (Å²) in [7, 11) is 6.34. The van der Waals surface area contributed by atoms with Gasteiger partial charge in [0.05, 0.1) is 44.0 Å². The fourth-order valence-electron chi connectivity index (χ4n) is 4.60. The third-order valence-electron chi connectivity index (χ3n) is 6.38. The van der Waals surface area contributed by atoms with Crippen LogP contribution >= 0.6 is 0 Å². The van der Waals surface area contributed by atoms with Gasteiger partial charge in [-0.1, -0.05) is 18.2 Å². The van der Waals surface area contributed by atoms with Crippen molar-refractivity contribution in [1.82, 2.24) is 0 Å². The number of hydrogen-bond donors (Lipinski definition) is 2. The van der Waals surface area contributed by atoms with Crippen molar-refractivity contribution in [1.29, 1.82) is 0 Å². The van der Waals surface area contributed by atoms with E-state index in [1.54, 1.807) is 44.4 Å². The van der Waals surface area contributed by atoms with Crippen molar-refractivity contribution in [2.75, 3.05) is 43.9 Å². The van der Waals surface area contributed by atoms with Crippen LogP contribution in [0.2, 0.25) is 0 Å². The second-order valence-corrected chi connectivity index (χ2v) is 9.06. The lowest BCUT2D eigenvalue weighted by atomic mass is 9.91. The van der Waals surface area contributed by atoms with Crippen LogP contribution in [0.1, 0.15) is 29.8 Å². The summed E-state index contributed by atoms with van der Waals surface area (Å²) in [4.78, 5) is 27.2. The number of likely N-dealkylation sites (N-methyl/N-ethyl adjacent to an activating group) is 1. The van der Waals surface area contributed by atoms with E-state index in [4.69, 9.17) is 14.2 Å². The Kier molecular flexibility index (Phi) is 6.79. The zero-order valence-electron chi connectivity index (χ0n) is 21.4. The number of carbonyl (C=O) groups is 2. The van der Waals surface area contributed by atoms with E-state index >= 15 is 0 Å². The second kappa shape index (κ2) is 9.81. The highest BCUT2D eigenvalue weighted by Crippen LogP contribution is 2.44. The van der Waals surface area contributed by atoms with Gasteiger partial charge < -0.3 is 29.7 Å². The lowest BCUT2D eigenvalue weighted by molar-refractivity contribution is -0.121.